The number of amides is 1. The van der Waals surface area contributed by atoms with Crippen LogP contribution in [0.5, 0.6) is 5.75 Å². The van der Waals surface area contributed by atoms with E-state index in [0.29, 0.717) is 12.5 Å². The SMILES string of the molecule is C[C@H](Cc1cc(Cl)c(O)c(Cl)c1)C(=O)N1CCC(N2CCNCC2)CC1. The van der Waals surface area contributed by atoms with Crippen LogP contribution in [-0.4, -0.2) is 66.1 Å². The maximum Gasteiger partial charge on any atom is 0.225 e. The van der Waals surface area contributed by atoms with Gasteiger partial charge in [-0.15, -0.1) is 0 Å². The largest absolute Gasteiger partial charge is 0.505 e. The topological polar surface area (TPSA) is 55.8 Å². The number of nitrogens with zero attached hydrogens (tertiary/aromatic N) is 2. The third-order valence-corrected chi connectivity index (χ3v) is 6.06. The Labute approximate surface area is 165 Å². The molecule has 144 valence electrons. The van der Waals surface area contributed by atoms with Gasteiger partial charge < -0.3 is 15.3 Å². The highest BCUT2D eigenvalue weighted by atomic mass is 35.5. The molecule has 2 heterocycles. The van der Waals surface area contributed by atoms with Gasteiger partial charge in [0.2, 0.25) is 5.91 Å². The van der Waals surface area contributed by atoms with Crippen molar-refractivity contribution in [2.24, 2.45) is 5.92 Å². The zero-order chi connectivity index (χ0) is 18.7. The molecule has 0 bridgehead atoms. The smallest absolute Gasteiger partial charge is 0.225 e. The first kappa shape index (κ1) is 19.7. The molecule has 1 amide bonds. The summed E-state index contributed by atoms with van der Waals surface area (Å²) >= 11 is 12.0. The van der Waals surface area contributed by atoms with Crippen molar-refractivity contribution in [1.29, 1.82) is 0 Å². The molecule has 0 spiro atoms. The lowest BCUT2D eigenvalue weighted by Crippen LogP contribution is -2.53. The lowest BCUT2D eigenvalue weighted by molar-refractivity contribution is -0.136. The number of piperazine rings is 1. The van der Waals surface area contributed by atoms with E-state index in [4.69, 9.17) is 23.2 Å². The Bertz CT molecular complexity index is 619. The summed E-state index contributed by atoms with van der Waals surface area (Å²) in [6.07, 6.45) is 2.67. The van der Waals surface area contributed by atoms with E-state index in [1.165, 1.54) is 0 Å². The van der Waals surface area contributed by atoms with Crippen LogP contribution in [0.2, 0.25) is 10.0 Å². The number of aromatic hydroxyl groups is 1. The highest BCUT2D eigenvalue weighted by molar-refractivity contribution is 6.37. The first-order valence-electron chi connectivity index (χ1n) is 9.36. The molecule has 1 aromatic rings. The van der Waals surface area contributed by atoms with Crippen LogP contribution in [-0.2, 0) is 11.2 Å². The van der Waals surface area contributed by atoms with Crippen molar-refractivity contribution in [3.8, 4) is 5.75 Å². The van der Waals surface area contributed by atoms with E-state index in [-0.39, 0.29) is 27.6 Å². The van der Waals surface area contributed by atoms with Crippen molar-refractivity contribution in [2.75, 3.05) is 39.3 Å². The van der Waals surface area contributed by atoms with Gasteiger partial charge in [0.1, 0.15) is 0 Å². The molecule has 0 aliphatic carbocycles. The van der Waals surface area contributed by atoms with Crippen molar-refractivity contribution >= 4 is 29.1 Å². The molecule has 1 aromatic carbocycles. The van der Waals surface area contributed by atoms with Crippen molar-refractivity contribution in [2.45, 2.75) is 32.2 Å². The number of benzene rings is 1. The third-order valence-electron chi connectivity index (χ3n) is 5.48. The fourth-order valence-corrected chi connectivity index (χ4v) is 4.52. The van der Waals surface area contributed by atoms with Gasteiger partial charge in [-0.1, -0.05) is 30.1 Å². The summed E-state index contributed by atoms with van der Waals surface area (Å²) in [7, 11) is 0. The number of piperidine rings is 1. The van der Waals surface area contributed by atoms with Gasteiger partial charge in [0, 0.05) is 51.2 Å². The first-order chi connectivity index (χ1) is 12.5. The molecule has 2 fully saturated rings. The van der Waals surface area contributed by atoms with E-state index < -0.39 is 0 Å². The molecule has 0 radical (unpaired) electrons. The van der Waals surface area contributed by atoms with Gasteiger partial charge in [-0.05, 0) is 37.0 Å². The number of halogens is 2. The predicted octanol–water partition coefficient (Wildman–Crippen LogP) is 2.77. The number of hydrogen-bond acceptors (Lipinski definition) is 4. The number of hydrogen-bond donors (Lipinski definition) is 2. The summed E-state index contributed by atoms with van der Waals surface area (Å²) in [6, 6.07) is 3.97. The minimum atomic E-state index is -0.137. The Morgan fingerprint density at radius 2 is 1.77 bits per heavy atom. The van der Waals surface area contributed by atoms with Crippen LogP contribution in [0.1, 0.15) is 25.3 Å². The molecule has 2 aliphatic rings. The number of rotatable bonds is 4. The second-order valence-electron chi connectivity index (χ2n) is 7.36. The average Bonchev–Trinajstić information content (AvgIpc) is 2.66. The van der Waals surface area contributed by atoms with Crippen LogP contribution >= 0.6 is 23.2 Å². The molecule has 3 rings (SSSR count). The number of carbonyl (C=O) groups excluding carboxylic acids is 1. The number of carbonyl (C=O) groups is 1. The Balaban J connectivity index is 1.53. The van der Waals surface area contributed by atoms with Crippen LogP contribution in [0.3, 0.4) is 0 Å². The zero-order valence-corrected chi connectivity index (χ0v) is 16.7. The summed E-state index contributed by atoms with van der Waals surface area (Å²) in [5.74, 6) is -0.0578. The summed E-state index contributed by atoms with van der Waals surface area (Å²) < 4.78 is 0. The van der Waals surface area contributed by atoms with E-state index in [1.54, 1.807) is 12.1 Å². The van der Waals surface area contributed by atoms with Crippen molar-refractivity contribution in [1.82, 2.24) is 15.1 Å². The van der Waals surface area contributed by atoms with Crippen LogP contribution < -0.4 is 5.32 Å². The molecule has 7 heteroatoms. The molecule has 1 atom stereocenters. The molecule has 2 N–H and O–H groups in total. The van der Waals surface area contributed by atoms with Crippen molar-refractivity contribution < 1.29 is 9.90 Å². The molecular weight excluding hydrogens is 373 g/mol. The Morgan fingerprint density at radius 1 is 1.19 bits per heavy atom. The quantitative estimate of drug-likeness (QED) is 0.816. The lowest BCUT2D eigenvalue weighted by atomic mass is 9.97. The Kier molecular flexibility index (Phi) is 6.67. The monoisotopic (exact) mass is 399 g/mol. The van der Waals surface area contributed by atoms with E-state index in [9.17, 15) is 9.90 Å². The number of phenolic OH excluding ortho intramolecular Hbond substituents is 1. The number of phenols is 1. The molecule has 0 unspecified atom stereocenters. The van der Waals surface area contributed by atoms with Gasteiger partial charge in [-0.2, -0.15) is 0 Å². The average molecular weight is 400 g/mol. The third kappa shape index (κ3) is 4.63. The maximum atomic E-state index is 12.8. The Morgan fingerprint density at radius 3 is 2.35 bits per heavy atom. The van der Waals surface area contributed by atoms with Crippen LogP contribution in [0.15, 0.2) is 12.1 Å². The van der Waals surface area contributed by atoms with E-state index in [2.05, 4.69) is 10.2 Å². The van der Waals surface area contributed by atoms with Crippen LogP contribution in [0.25, 0.3) is 0 Å². The van der Waals surface area contributed by atoms with Crippen molar-refractivity contribution in [3.05, 3.63) is 27.7 Å². The van der Waals surface area contributed by atoms with E-state index in [0.717, 1.165) is 57.7 Å². The highest BCUT2D eigenvalue weighted by Gasteiger charge is 2.29. The number of nitrogens with one attached hydrogen (secondary N) is 1. The van der Waals surface area contributed by atoms with E-state index in [1.807, 2.05) is 11.8 Å². The molecule has 5 nitrogen and oxygen atoms in total. The molecule has 2 aliphatic heterocycles. The zero-order valence-electron chi connectivity index (χ0n) is 15.2. The molecule has 2 saturated heterocycles. The van der Waals surface area contributed by atoms with Gasteiger partial charge in [-0.25, -0.2) is 0 Å². The van der Waals surface area contributed by atoms with Crippen LogP contribution in [0, 0.1) is 5.92 Å². The maximum absolute atomic E-state index is 12.8. The summed E-state index contributed by atoms with van der Waals surface area (Å²) in [5, 5.41) is 13.5. The van der Waals surface area contributed by atoms with Gasteiger partial charge in [0.05, 0.1) is 10.0 Å². The lowest BCUT2D eigenvalue weighted by Gasteiger charge is -2.41. The summed E-state index contributed by atoms with van der Waals surface area (Å²) in [5.41, 5.74) is 0.870. The summed E-state index contributed by atoms with van der Waals surface area (Å²) in [6.45, 7) is 7.94. The van der Waals surface area contributed by atoms with Gasteiger partial charge in [0.15, 0.2) is 5.75 Å². The normalized spacial score (nSPS) is 21.0. The standard InChI is InChI=1S/C19H27Cl2N3O2/c1-13(10-14-11-16(20)18(25)17(21)12-14)19(26)24-6-2-15(3-7-24)23-8-4-22-5-9-23/h11-13,15,22,25H,2-10H2,1H3/t13-/m1/s1. The fraction of sp³-hybridized carbons (Fsp3) is 0.632. The Hall–Kier alpha value is -1.01. The summed E-state index contributed by atoms with van der Waals surface area (Å²) in [4.78, 5) is 17.4. The minimum Gasteiger partial charge on any atom is -0.505 e. The van der Waals surface area contributed by atoms with Gasteiger partial charge in [0.25, 0.3) is 0 Å². The second-order valence-corrected chi connectivity index (χ2v) is 8.17. The highest BCUT2D eigenvalue weighted by Crippen LogP contribution is 2.33. The molecule has 0 saturated carbocycles. The van der Waals surface area contributed by atoms with Crippen LogP contribution in [0.4, 0.5) is 0 Å². The van der Waals surface area contributed by atoms with Gasteiger partial charge >= 0.3 is 0 Å². The predicted molar refractivity (Wildman–Crippen MR) is 105 cm³/mol. The number of likely N-dealkylation sites (tertiary alicyclic amines) is 1. The molecular formula is C19H27Cl2N3O2. The minimum absolute atomic E-state index is 0.106. The fourth-order valence-electron chi connectivity index (χ4n) is 3.99. The van der Waals surface area contributed by atoms with Crippen molar-refractivity contribution in [3.63, 3.8) is 0 Å². The van der Waals surface area contributed by atoms with E-state index >= 15 is 0 Å². The molecule has 26 heavy (non-hydrogen) atoms. The van der Waals surface area contributed by atoms with Gasteiger partial charge in [-0.3, -0.25) is 9.69 Å². The first-order valence-corrected chi connectivity index (χ1v) is 10.1. The second kappa shape index (κ2) is 8.79. The molecule has 0 aromatic heterocycles.